The molecule has 3 rings (SSSR count). The molecule has 2 heterocycles. The normalized spacial score (nSPS) is 10.6. The molecule has 0 fully saturated rings. The van der Waals surface area contributed by atoms with Gasteiger partial charge in [0.25, 0.3) is 0 Å². The summed E-state index contributed by atoms with van der Waals surface area (Å²) in [4.78, 5) is 16.2. The van der Waals surface area contributed by atoms with Gasteiger partial charge in [-0.2, -0.15) is 0 Å². The summed E-state index contributed by atoms with van der Waals surface area (Å²) in [5.74, 6) is 1.04. The Hall–Kier alpha value is -2.87. The van der Waals surface area contributed by atoms with Crippen LogP contribution in [0.25, 0.3) is 5.69 Å². The summed E-state index contributed by atoms with van der Waals surface area (Å²) >= 11 is 1.33. The standard InChI is InChI=1S/C19H21N5O2S/c1-2-10-26-17-7-5-15(6-8-17)11-21-18(25)13-27-19-23-22-14-24(19)16-4-3-9-20-12-16/h3-9,12,14H,2,10-11,13H2,1H3,(H,21,25). The number of pyridine rings is 1. The van der Waals surface area contributed by atoms with Crippen LogP contribution in [0.2, 0.25) is 0 Å². The number of aromatic nitrogens is 4. The number of ether oxygens (including phenoxy) is 1. The van der Waals surface area contributed by atoms with Crippen LogP contribution in [0.1, 0.15) is 18.9 Å². The molecular weight excluding hydrogens is 362 g/mol. The van der Waals surface area contributed by atoms with Gasteiger partial charge in [-0.25, -0.2) is 0 Å². The predicted molar refractivity (Wildman–Crippen MR) is 104 cm³/mol. The van der Waals surface area contributed by atoms with Gasteiger partial charge in [0.15, 0.2) is 5.16 Å². The van der Waals surface area contributed by atoms with E-state index in [9.17, 15) is 4.79 Å². The lowest BCUT2D eigenvalue weighted by atomic mass is 10.2. The van der Waals surface area contributed by atoms with Crippen molar-refractivity contribution < 1.29 is 9.53 Å². The number of carbonyl (C=O) groups is 1. The summed E-state index contributed by atoms with van der Waals surface area (Å²) in [5, 5.41) is 11.6. The van der Waals surface area contributed by atoms with E-state index in [1.807, 2.05) is 36.4 Å². The van der Waals surface area contributed by atoms with Crippen molar-refractivity contribution in [3.63, 3.8) is 0 Å². The quantitative estimate of drug-likeness (QED) is 0.572. The van der Waals surface area contributed by atoms with E-state index in [-0.39, 0.29) is 11.7 Å². The number of hydrogen-bond acceptors (Lipinski definition) is 6. The molecule has 7 nitrogen and oxygen atoms in total. The van der Waals surface area contributed by atoms with Gasteiger partial charge in [0, 0.05) is 12.7 Å². The number of rotatable bonds is 9. The van der Waals surface area contributed by atoms with Gasteiger partial charge in [-0.05, 0) is 36.2 Å². The molecule has 0 saturated carbocycles. The van der Waals surface area contributed by atoms with Gasteiger partial charge in [-0.1, -0.05) is 30.8 Å². The van der Waals surface area contributed by atoms with E-state index in [4.69, 9.17) is 4.74 Å². The molecule has 2 aromatic heterocycles. The van der Waals surface area contributed by atoms with Crippen LogP contribution in [0.15, 0.2) is 60.3 Å². The molecule has 0 unspecified atom stereocenters. The van der Waals surface area contributed by atoms with Crippen molar-refractivity contribution in [3.05, 3.63) is 60.7 Å². The highest BCUT2D eigenvalue weighted by Crippen LogP contribution is 2.18. The van der Waals surface area contributed by atoms with Gasteiger partial charge < -0.3 is 10.1 Å². The molecule has 0 aliphatic heterocycles. The maximum Gasteiger partial charge on any atom is 0.230 e. The first-order chi connectivity index (χ1) is 13.3. The van der Waals surface area contributed by atoms with Crippen molar-refractivity contribution >= 4 is 17.7 Å². The summed E-state index contributed by atoms with van der Waals surface area (Å²) in [6.07, 6.45) is 6.02. The molecule has 27 heavy (non-hydrogen) atoms. The van der Waals surface area contributed by atoms with Crippen LogP contribution in [0.5, 0.6) is 5.75 Å². The van der Waals surface area contributed by atoms with E-state index in [0.717, 1.165) is 23.4 Å². The zero-order chi connectivity index (χ0) is 18.9. The molecule has 1 aromatic carbocycles. The summed E-state index contributed by atoms with van der Waals surface area (Å²) in [6.45, 7) is 3.25. The Kier molecular flexibility index (Phi) is 6.81. The van der Waals surface area contributed by atoms with E-state index < -0.39 is 0 Å². The third-order valence-corrected chi connectivity index (χ3v) is 4.60. The van der Waals surface area contributed by atoms with Crippen LogP contribution in [-0.4, -0.2) is 38.0 Å². The maximum absolute atomic E-state index is 12.1. The monoisotopic (exact) mass is 383 g/mol. The molecule has 0 aliphatic rings. The summed E-state index contributed by atoms with van der Waals surface area (Å²) in [6, 6.07) is 11.5. The van der Waals surface area contributed by atoms with Crippen LogP contribution in [-0.2, 0) is 11.3 Å². The Morgan fingerprint density at radius 2 is 2.11 bits per heavy atom. The summed E-state index contributed by atoms with van der Waals surface area (Å²) in [5.41, 5.74) is 1.88. The fourth-order valence-corrected chi connectivity index (χ4v) is 3.06. The van der Waals surface area contributed by atoms with Gasteiger partial charge in [-0.15, -0.1) is 10.2 Å². The van der Waals surface area contributed by atoms with Gasteiger partial charge in [0.1, 0.15) is 12.1 Å². The van der Waals surface area contributed by atoms with Crippen molar-refractivity contribution in [3.8, 4) is 11.4 Å². The van der Waals surface area contributed by atoms with E-state index in [1.54, 1.807) is 23.3 Å². The zero-order valence-electron chi connectivity index (χ0n) is 15.0. The highest BCUT2D eigenvalue weighted by Gasteiger charge is 2.10. The third-order valence-electron chi connectivity index (χ3n) is 3.66. The fraction of sp³-hybridized carbons (Fsp3) is 0.263. The minimum Gasteiger partial charge on any atom is -0.494 e. The Labute approximate surface area is 162 Å². The Bertz CT molecular complexity index is 852. The lowest BCUT2D eigenvalue weighted by molar-refractivity contribution is -0.118. The minimum atomic E-state index is -0.0629. The molecule has 0 radical (unpaired) electrons. The minimum absolute atomic E-state index is 0.0629. The fourth-order valence-electron chi connectivity index (χ4n) is 2.30. The van der Waals surface area contributed by atoms with Crippen molar-refractivity contribution in [1.82, 2.24) is 25.1 Å². The summed E-state index contributed by atoms with van der Waals surface area (Å²) in [7, 11) is 0. The SMILES string of the molecule is CCCOc1ccc(CNC(=O)CSc2nncn2-c2cccnc2)cc1. The van der Waals surface area contributed by atoms with Crippen LogP contribution in [0, 0.1) is 0 Å². The van der Waals surface area contributed by atoms with Crippen molar-refractivity contribution in [2.24, 2.45) is 0 Å². The largest absolute Gasteiger partial charge is 0.494 e. The average Bonchev–Trinajstić information content (AvgIpc) is 3.19. The number of carbonyl (C=O) groups excluding carboxylic acids is 1. The molecule has 0 bridgehead atoms. The topological polar surface area (TPSA) is 81.9 Å². The van der Waals surface area contributed by atoms with Gasteiger partial charge in [0.05, 0.1) is 24.2 Å². The van der Waals surface area contributed by atoms with Gasteiger partial charge >= 0.3 is 0 Å². The first kappa shape index (κ1) is 18.9. The second-order valence-electron chi connectivity index (χ2n) is 5.75. The average molecular weight is 383 g/mol. The molecule has 1 amide bonds. The third kappa shape index (κ3) is 5.55. The Morgan fingerprint density at radius 3 is 2.85 bits per heavy atom. The summed E-state index contributed by atoms with van der Waals surface area (Å²) < 4.78 is 7.36. The van der Waals surface area contributed by atoms with E-state index in [0.29, 0.717) is 18.3 Å². The first-order valence-electron chi connectivity index (χ1n) is 8.68. The first-order valence-corrected chi connectivity index (χ1v) is 9.66. The van der Waals surface area contributed by atoms with Crippen LogP contribution in [0.4, 0.5) is 0 Å². The molecule has 140 valence electrons. The molecule has 0 saturated heterocycles. The number of benzene rings is 1. The highest BCUT2D eigenvalue weighted by molar-refractivity contribution is 7.99. The van der Waals surface area contributed by atoms with Crippen molar-refractivity contribution in [1.29, 1.82) is 0 Å². The van der Waals surface area contributed by atoms with Crippen LogP contribution in [0.3, 0.4) is 0 Å². The van der Waals surface area contributed by atoms with E-state index in [2.05, 4.69) is 27.4 Å². The number of thioether (sulfide) groups is 1. The van der Waals surface area contributed by atoms with Crippen LogP contribution >= 0.6 is 11.8 Å². The number of hydrogen-bond donors (Lipinski definition) is 1. The molecular formula is C19H21N5O2S. The van der Waals surface area contributed by atoms with E-state index >= 15 is 0 Å². The highest BCUT2D eigenvalue weighted by atomic mass is 32.2. The lowest BCUT2D eigenvalue weighted by Gasteiger charge is -2.08. The molecule has 0 spiro atoms. The molecule has 1 N–H and O–H groups in total. The number of amides is 1. The van der Waals surface area contributed by atoms with Gasteiger partial charge in [-0.3, -0.25) is 14.3 Å². The molecule has 3 aromatic rings. The number of nitrogens with one attached hydrogen (secondary N) is 1. The molecule has 0 atom stereocenters. The predicted octanol–water partition coefficient (Wildman–Crippen LogP) is 2.86. The zero-order valence-corrected chi connectivity index (χ0v) is 15.9. The van der Waals surface area contributed by atoms with Crippen molar-refractivity contribution in [2.45, 2.75) is 25.0 Å². The van der Waals surface area contributed by atoms with Crippen LogP contribution < -0.4 is 10.1 Å². The molecule has 8 heteroatoms. The maximum atomic E-state index is 12.1. The lowest BCUT2D eigenvalue weighted by Crippen LogP contribution is -2.24. The second kappa shape index (κ2) is 9.72. The van der Waals surface area contributed by atoms with Crippen molar-refractivity contribution in [2.75, 3.05) is 12.4 Å². The molecule has 0 aliphatic carbocycles. The van der Waals surface area contributed by atoms with Gasteiger partial charge in [0.2, 0.25) is 5.91 Å². The Morgan fingerprint density at radius 1 is 1.26 bits per heavy atom. The second-order valence-corrected chi connectivity index (χ2v) is 6.70. The Balaban J connectivity index is 1.47. The smallest absolute Gasteiger partial charge is 0.230 e. The van der Waals surface area contributed by atoms with E-state index in [1.165, 1.54) is 11.8 Å². The number of nitrogens with zero attached hydrogens (tertiary/aromatic N) is 4.